The summed E-state index contributed by atoms with van der Waals surface area (Å²) in [6.07, 6.45) is 0.631. The molecule has 0 fully saturated rings. The van der Waals surface area contributed by atoms with Gasteiger partial charge in [-0.2, -0.15) is 0 Å². The molecule has 4 nitrogen and oxygen atoms in total. The van der Waals surface area contributed by atoms with Gasteiger partial charge >= 0.3 is 0 Å². The first kappa shape index (κ1) is 18.7. The number of nitrogens with one attached hydrogen (secondary N) is 1. The van der Waals surface area contributed by atoms with Gasteiger partial charge in [0.05, 0.1) is 15.0 Å². The minimum absolute atomic E-state index is 0. The highest BCUT2D eigenvalue weighted by atomic mass is 79.9. The Labute approximate surface area is 135 Å². The summed E-state index contributed by atoms with van der Waals surface area (Å²) in [7, 11) is 0. The van der Waals surface area contributed by atoms with E-state index in [1.807, 2.05) is 13.8 Å². The fourth-order valence-corrected chi connectivity index (χ4v) is 2.67. The number of rotatable bonds is 4. The van der Waals surface area contributed by atoms with Crippen LogP contribution in [0.2, 0.25) is 0 Å². The van der Waals surface area contributed by atoms with Gasteiger partial charge in [0, 0.05) is 5.69 Å². The predicted molar refractivity (Wildman–Crippen MR) is 86.8 cm³/mol. The average molecular weight is 417 g/mol. The summed E-state index contributed by atoms with van der Waals surface area (Å²) < 4.78 is 1.01. The summed E-state index contributed by atoms with van der Waals surface area (Å²) in [6.45, 7) is 4.03. The number of nitrogens with two attached hydrogens (primary N) is 1. The summed E-state index contributed by atoms with van der Waals surface area (Å²) in [4.78, 5) is 11.8. The lowest BCUT2D eigenvalue weighted by atomic mass is 10.0. The molecule has 0 radical (unpaired) electrons. The molecular formula is C12H17Br2ClN2O2. The summed E-state index contributed by atoms with van der Waals surface area (Å²) >= 11 is 6.40. The van der Waals surface area contributed by atoms with Crippen LogP contribution in [0.1, 0.15) is 20.3 Å². The second-order valence-corrected chi connectivity index (χ2v) is 6.22. The summed E-state index contributed by atoms with van der Waals surface area (Å²) in [6, 6.07) is 2.72. The molecule has 0 saturated carbocycles. The second-order valence-electron chi connectivity index (χ2n) is 4.51. The van der Waals surface area contributed by atoms with E-state index in [2.05, 4.69) is 37.2 Å². The van der Waals surface area contributed by atoms with E-state index in [0.717, 1.165) is 0 Å². The first-order valence-corrected chi connectivity index (χ1v) is 7.14. The molecule has 0 aliphatic carbocycles. The molecule has 1 aromatic carbocycles. The van der Waals surface area contributed by atoms with Crippen molar-refractivity contribution in [2.45, 2.75) is 26.3 Å². The zero-order valence-electron chi connectivity index (χ0n) is 10.6. The highest BCUT2D eigenvalue weighted by molar-refractivity contribution is 9.11. The summed E-state index contributed by atoms with van der Waals surface area (Å²) in [5.74, 6) is 0.233. The molecule has 0 saturated heterocycles. The van der Waals surface area contributed by atoms with Crippen LogP contribution in [0.3, 0.4) is 0 Å². The number of hydrogen-bond donors (Lipinski definition) is 3. The molecule has 1 atom stereocenters. The minimum Gasteiger partial charge on any atom is -0.506 e. The molecule has 1 amide bonds. The molecule has 0 aliphatic rings. The van der Waals surface area contributed by atoms with Crippen molar-refractivity contribution in [2.75, 3.05) is 5.32 Å². The van der Waals surface area contributed by atoms with Gasteiger partial charge in [0.25, 0.3) is 0 Å². The van der Waals surface area contributed by atoms with Gasteiger partial charge in [0.15, 0.2) is 0 Å². The lowest BCUT2D eigenvalue weighted by Gasteiger charge is -2.14. The van der Waals surface area contributed by atoms with Gasteiger partial charge in [0.1, 0.15) is 5.75 Å². The number of hydrogen-bond acceptors (Lipinski definition) is 3. The van der Waals surface area contributed by atoms with Crippen LogP contribution in [0.25, 0.3) is 0 Å². The van der Waals surface area contributed by atoms with Gasteiger partial charge in [-0.05, 0) is 56.3 Å². The van der Waals surface area contributed by atoms with Crippen LogP contribution in [0.4, 0.5) is 5.69 Å². The van der Waals surface area contributed by atoms with E-state index >= 15 is 0 Å². The highest BCUT2D eigenvalue weighted by Crippen LogP contribution is 2.35. The zero-order valence-corrected chi connectivity index (χ0v) is 14.6. The number of carbonyl (C=O) groups excluding carboxylic acids is 1. The number of benzene rings is 1. The topological polar surface area (TPSA) is 75.4 Å². The van der Waals surface area contributed by atoms with Crippen LogP contribution in [-0.4, -0.2) is 17.1 Å². The molecule has 7 heteroatoms. The monoisotopic (exact) mass is 414 g/mol. The van der Waals surface area contributed by atoms with Crippen molar-refractivity contribution in [3.8, 4) is 5.75 Å². The Hall–Kier alpha value is -0.300. The van der Waals surface area contributed by atoms with Crippen molar-refractivity contribution in [1.29, 1.82) is 0 Å². The van der Waals surface area contributed by atoms with Gasteiger partial charge in [-0.3, -0.25) is 4.79 Å². The van der Waals surface area contributed by atoms with Crippen molar-refractivity contribution in [3.63, 3.8) is 0 Å². The van der Waals surface area contributed by atoms with E-state index < -0.39 is 6.04 Å². The maximum absolute atomic E-state index is 11.8. The van der Waals surface area contributed by atoms with E-state index in [0.29, 0.717) is 27.0 Å². The van der Waals surface area contributed by atoms with Crippen molar-refractivity contribution < 1.29 is 9.90 Å². The standard InChI is InChI=1S/C12H16Br2N2O2.ClH/c1-6(2)3-10(15)12(18)16-7-4-8(13)11(17)9(14)5-7;/h4-6,10,17H,3,15H2,1-2H3,(H,16,18);1H/t10-;/m0./s1. The lowest BCUT2D eigenvalue weighted by Crippen LogP contribution is -2.36. The highest BCUT2D eigenvalue weighted by Gasteiger charge is 2.16. The lowest BCUT2D eigenvalue weighted by molar-refractivity contribution is -0.117. The molecule has 0 aromatic heterocycles. The Morgan fingerprint density at radius 3 is 2.26 bits per heavy atom. The molecule has 1 rings (SSSR count). The van der Waals surface area contributed by atoms with Crippen LogP contribution >= 0.6 is 44.3 Å². The van der Waals surface area contributed by atoms with Crippen molar-refractivity contribution in [2.24, 2.45) is 11.7 Å². The third kappa shape index (κ3) is 5.69. The normalized spacial score (nSPS) is 11.9. The van der Waals surface area contributed by atoms with Gasteiger partial charge in [-0.15, -0.1) is 12.4 Å². The van der Waals surface area contributed by atoms with Crippen molar-refractivity contribution in [1.82, 2.24) is 0 Å². The van der Waals surface area contributed by atoms with Crippen LogP contribution in [0, 0.1) is 5.92 Å². The number of amides is 1. The minimum atomic E-state index is -0.531. The van der Waals surface area contributed by atoms with E-state index in [4.69, 9.17) is 5.73 Å². The van der Waals surface area contributed by atoms with Crippen molar-refractivity contribution >= 4 is 55.9 Å². The largest absolute Gasteiger partial charge is 0.506 e. The van der Waals surface area contributed by atoms with Crippen LogP contribution in [0.15, 0.2) is 21.1 Å². The van der Waals surface area contributed by atoms with E-state index in [1.165, 1.54) is 0 Å². The molecule has 0 bridgehead atoms. The van der Waals surface area contributed by atoms with E-state index in [9.17, 15) is 9.90 Å². The van der Waals surface area contributed by atoms with E-state index in [1.54, 1.807) is 12.1 Å². The molecule has 4 N–H and O–H groups in total. The zero-order chi connectivity index (χ0) is 13.9. The first-order chi connectivity index (χ1) is 8.31. The molecule has 0 unspecified atom stereocenters. The van der Waals surface area contributed by atoms with Gasteiger partial charge < -0.3 is 16.2 Å². The Bertz CT molecular complexity index is 432. The molecule has 108 valence electrons. The number of halogens is 3. The molecule has 0 heterocycles. The Kier molecular flexibility index (Phi) is 7.96. The van der Waals surface area contributed by atoms with Gasteiger partial charge in [-0.25, -0.2) is 0 Å². The third-order valence-corrected chi connectivity index (χ3v) is 3.56. The number of aromatic hydroxyl groups is 1. The number of phenols is 1. The third-order valence-electron chi connectivity index (χ3n) is 2.35. The SMILES string of the molecule is CC(C)C[C@H](N)C(=O)Nc1cc(Br)c(O)c(Br)c1.Cl. The average Bonchev–Trinajstić information content (AvgIpc) is 2.24. The van der Waals surface area contributed by atoms with Gasteiger partial charge in [0.2, 0.25) is 5.91 Å². The molecule has 0 spiro atoms. The van der Waals surface area contributed by atoms with Crippen molar-refractivity contribution in [3.05, 3.63) is 21.1 Å². The van der Waals surface area contributed by atoms with Crippen LogP contribution in [-0.2, 0) is 4.79 Å². The fourth-order valence-electron chi connectivity index (χ4n) is 1.49. The van der Waals surface area contributed by atoms with Gasteiger partial charge in [-0.1, -0.05) is 13.8 Å². The quantitative estimate of drug-likeness (QED) is 0.656. The summed E-state index contributed by atoms with van der Waals surface area (Å²) in [5, 5.41) is 12.3. The number of carbonyl (C=O) groups is 1. The molecular weight excluding hydrogens is 399 g/mol. The Morgan fingerprint density at radius 2 is 1.84 bits per heavy atom. The Balaban J connectivity index is 0.00000324. The molecule has 1 aromatic rings. The smallest absolute Gasteiger partial charge is 0.241 e. The molecule has 19 heavy (non-hydrogen) atoms. The predicted octanol–water partition coefficient (Wildman–Crippen LogP) is 3.65. The maximum Gasteiger partial charge on any atom is 0.241 e. The molecule has 0 aliphatic heterocycles. The van der Waals surface area contributed by atoms with Crippen LogP contribution in [0.5, 0.6) is 5.75 Å². The Morgan fingerprint density at radius 1 is 1.37 bits per heavy atom. The fraction of sp³-hybridized carbons (Fsp3) is 0.417. The summed E-state index contributed by atoms with van der Waals surface area (Å²) in [5.41, 5.74) is 6.37. The maximum atomic E-state index is 11.8. The number of phenolic OH excluding ortho intramolecular Hbond substituents is 1. The van der Waals surface area contributed by atoms with E-state index in [-0.39, 0.29) is 24.1 Å². The number of anilines is 1. The second kappa shape index (κ2) is 8.09. The first-order valence-electron chi connectivity index (χ1n) is 5.55. The van der Waals surface area contributed by atoms with Crippen LogP contribution < -0.4 is 11.1 Å².